The lowest BCUT2D eigenvalue weighted by molar-refractivity contribution is 0.104. The van der Waals surface area contributed by atoms with Crippen molar-refractivity contribution in [2.45, 2.75) is 20.5 Å². The quantitative estimate of drug-likeness (QED) is 0.641. The summed E-state index contributed by atoms with van der Waals surface area (Å²) in [5, 5.41) is 4.25. The zero-order chi connectivity index (χ0) is 18.7. The van der Waals surface area contributed by atoms with Crippen LogP contribution in [0.3, 0.4) is 0 Å². The number of aromatic nitrogens is 2. The maximum Gasteiger partial charge on any atom is 0.513 e. The number of fused-ring (bicyclic) bond motifs is 1. The van der Waals surface area contributed by atoms with Crippen molar-refractivity contribution in [1.29, 1.82) is 0 Å². The van der Waals surface area contributed by atoms with E-state index in [4.69, 9.17) is 14.2 Å². The van der Waals surface area contributed by atoms with Gasteiger partial charge in [0.2, 0.25) is 5.88 Å². The molecule has 2 heterocycles. The second-order valence-corrected chi connectivity index (χ2v) is 5.35. The Bertz CT molecular complexity index is 936. The van der Waals surface area contributed by atoms with E-state index < -0.39 is 17.8 Å². The maximum atomic E-state index is 13.7. The van der Waals surface area contributed by atoms with Crippen LogP contribution in [0.15, 0.2) is 36.4 Å². The van der Waals surface area contributed by atoms with E-state index >= 15 is 0 Å². The predicted molar refractivity (Wildman–Crippen MR) is 88.3 cm³/mol. The third-order valence-corrected chi connectivity index (χ3v) is 3.61. The van der Waals surface area contributed by atoms with Crippen molar-refractivity contribution < 1.29 is 27.8 Å². The van der Waals surface area contributed by atoms with Crippen LogP contribution in [-0.4, -0.2) is 22.4 Å². The fourth-order valence-electron chi connectivity index (χ4n) is 2.42. The second kappa shape index (κ2) is 7.38. The first-order valence-corrected chi connectivity index (χ1v) is 7.90. The molecule has 26 heavy (non-hydrogen) atoms. The molecule has 136 valence electrons. The topological polar surface area (TPSA) is 62.1 Å². The number of hydrogen-bond acceptors (Lipinski definition) is 5. The van der Waals surface area contributed by atoms with Gasteiger partial charge in [0.25, 0.3) is 0 Å². The molecule has 6 nitrogen and oxygen atoms in total. The molecule has 2 aromatic heterocycles. The number of pyridine rings is 1. The molecule has 0 aliphatic rings. The van der Waals surface area contributed by atoms with Crippen LogP contribution in [0.4, 0.5) is 13.6 Å². The van der Waals surface area contributed by atoms with E-state index in [2.05, 4.69) is 5.10 Å². The molecule has 0 saturated heterocycles. The Labute approximate surface area is 147 Å². The Morgan fingerprint density at radius 3 is 2.54 bits per heavy atom. The van der Waals surface area contributed by atoms with Crippen molar-refractivity contribution in [3.8, 4) is 11.6 Å². The van der Waals surface area contributed by atoms with Gasteiger partial charge in [0, 0.05) is 6.07 Å². The maximum absolute atomic E-state index is 13.7. The summed E-state index contributed by atoms with van der Waals surface area (Å²) in [6, 6.07) is 8.51. The molecule has 1 aromatic carbocycles. The van der Waals surface area contributed by atoms with Crippen molar-refractivity contribution in [1.82, 2.24) is 9.61 Å². The molecule has 0 atom stereocenters. The van der Waals surface area contributed by atoms with Crippen molar-refractivity contribution in [2.75, 3.05) is 6.61 Å². The van der Waals surface area contributed by atoms with Crippen molar-refractivity contribution in [3.63, 3.8) is 0 Å². The normalized spacial score (nSPS) is 10.8. The van der Waals surface area contributed by atoms with Gasteiger partial charge < -0.3 is 14.2 Å². The average molecular weight is 362 g/mol. The smallest absolute Gasteiger partial charge is 0.473 e. The standard InChI is InChI=1S/C18H16F2N2O4/c1-3-24-18(23)26-17-11(2)21-22-15(17)8-5-9-16(22)25-10-12-13(19)6-4-7-14(12)20/h4-9H,3,10H2,1-2H3. The monoisotopic (exact) mass is 362 g/mol. The van der Waals surface area contributed by atoms with Crippen LogP contribution >= 0.6 is 0 Å². The first-order chi connectivity index (χ1) is 12.5. The van der Waals surface area contributed by atoms with E-state index in [0.717, 1.165) is 12.1 Å². The Morgan fingerprint density at radius 2 is 1.85 bits per heavy atom. The zero-order valence-corrected chi connectivity index (χ0v) is 14.2. The summed E-state index contributed by atoms with van der Waals surface area (Å²) >= 11 is 0. The van der Waals surface area contributed by atoms with Crippen molar-refractivity contribution in [2.24, 2.45) is 0 Å². The highest BCUT2D eigenvalue weighted by molar-refractivity contribution is 5.72. The van der Waals surface area contributed by atoms with Gasteiger partial charge in [0.1, 0.15) is 29.5 Å². The molecule has 0 saturated carbocycles. The minimum Gasteiger partial charge on any atom is -0.473 e. The Morgan fingerprint density at radius 1 is 1.15 bits per heavy atom. The van der Waals surface area contributed by atoms with E-state index in [1.807, 2.05) is 0 Å². The summed E-state index contributed by atoms with van der Waals surface area (Å²) in [5.74, 6) is -0.918. The minimum absolute atomic E-state index is 0.180. The van der Waals surface area contributed by atoms with Crippen LogP contribution in [0, 0.1) is 18.6 Å². The summed E-state index contributed by atoms with van der Waals surface area (Å²) in [6.07, 6.45) is -0.842. The largest absolute Gasteiger partial charge is 0.513 e. The molecule has 0 aliphatic heterocycles. The minimum atomic E-state index is -0.842. The molecule has 3 rings (SSSR count). The van der Waals surface area contributed by atoms with E-state index in [-0.39, 0.29) is 30.4 Å². The van der Waals surface area contributed by atoms with Crippen molar-refractivity contribution >= 4 is 11.7 Å². The van der Waals surface area contributed by atoms with E-state index in [9.17, 15) is 13.6 Å². The number of nitrogens with zero attached hydrogens (tertiary/aromatic N) is 2. The number of carbonyl (C=O) groups excluding carboxylic acids is 1. The van der Waals surface area contributed by atoms with Crippen LogP contribution in [-0.2, 0) is 11.3 Å². The molecule has 3 aromatic rings. The molecule has 0 amide bonds. The van der Waals surface area contributed by atoms with Gasteiger partial charge in [-0.1, -0.05) is 12.1 Å². The first kappa shape index (κ1) is 17.7. The molecule has 0 unspecified atom stereocenters. The SMILES string of the molecule is CCOC(=O)Oc1c(C)nn2c(OCc3c(F)cccc3F)cccc12. The van der Waals surface area contributed by atoms with Gasteiger partial charge in [-0.25, -0.2) is 13.6 Å². The highest BCUT2D eigenvalue weighted by Crippen LogP contribution is 2.28. The molecule has 0 radical (unpaired) electrons. The summed E-state index contributed by atoms with van der Waals surface area (Å²) in [7, 11) is 0. The molecule has 0 N–H and O–H groups in total. The number of hydrogen-bond donors (Lipinski definition) is 0. The van der Waals surface area contributed by atoms with Crippen LogP contribution in [0.1, 0.15) is 18.2 Å². The molecule has 0 fully saturated rings. The number of aryl methyl sites for hydroxylation is 1. The zero-order valence-electron chi connectivity index (χ0n) is 14.2. The molecule has 0 aliphatic carbocycles. The number of halogens is 2. The summed E-state index contributed by atoms with van der Waals surface area (Å²) in [4.78, 5) is 11.6. The van der Waals surface area contributed by atoms with Gasteiger partial charge in [0.05, 0.1) is 12.2 Å². The van der Waals surface area contributed by atoms with Crippen LogP contribution in [0.25, 0.3) is 5.52 Å². The first-order valence-electron chi connectivity index (χ1n) is 7.90. The number of carbonyl (C=O) groups is 1. The Kier molecular flexibility index (Phi) is 5.01. The van der Waals surface area contributed by atoms with Crippen LogP contribution < -0.4 is 9.47 Å². The van der Waals surface area contributed by atoms with Gasteiger partial charge in [0.15, 0.2) is 5.75 Å². The summed E-state index contributed by atoms with van der Waals surface area (Å²) in [5.41, 5.74) is 0.713. The predicted octanol–water partition coefficient (Wildman–Crippen LogP) is 4.04. The van der Waals surface area contributed by atoms with E-state index in [1.54, 1.807) is 32.0 Å². The van der Waals surface area contributed by atoms with Gasteiger partial charge in [-0.15, -0.1) is 0 Å². The highest BCUT2D eigenvalue weighted by atomic mass is 19.1. The van der Waals surface area contributed by atoms with Gasteiger partial charge in [-0.05, 0) is 32.0 Å². The Balaban J connectivity index is 1.89. The number of benzene rings is 1. The lowest BCUT2D eigenvalue weighted by Crippen LogP contribution is -2.10. The Hall–Kier alpha value is -3.16. The van der Waals surface area contributed by atoms with Gasteiger partial charge in [-0.2, -0.15) is 9.61 Å². The lowest BCUT2D eigenvalue weighted by Gasteiger charge is -2.09. The fraction of sp³-hybridized carbons (Fsp3) is 0.222. The van der Waals surface area contributed by atoms with Crippen LogP contribution in [0.2, 0.25) is 0 Å². The fourth-order valence-corrected chi connectivity index (χ4v) is 2.42. The molecule has 8 heteroatoms. The molecule has 0 spiro atoms. The number of rotatable bonds is 5. The molecule has 0 bridgehead atoms. The third-order valence-electron chi connectivity index (χ3n) is 3.61. The lowest BCUT2D eigenvalue weighted by atomic mass is 10.2. The third kappa shape index (κ3) is 3.44. The summed E-state index contributed by atoms with van der Waals surface area (Å²) < 4.78 is 44.3. The molecular formula is C18H16F2N2O4. The summed E-state index contributed by atoms with van der Waals surface area (Å²) in [6.45, 7) is 3.18. The van der Waals surface area contributed by atoms with Crippen LogP contribution in [0.5, 0.6) is 11.6 Å². The number of ether oxygens (including phenoxy) is 3. The van der Waals surface area contributed by atoms with E-state index in [0.29, 0.717) is 11.2 Å². The van der Waals surface area contributed by atoms with Crippen molar-refractivity contribution in [3.05, 3.63) is 59.3 Å². The highest BCUT2D eigenvalue weighted by Gasteiger charge is 2.18. The molecular weight excluding hydrogens is 346 g/mol. The van der Waals surface area contributed by atoms with E-state index in [1.165, 1.54) is 10.6 Å². The van der Waals surface area contributed by atoms with Gasteiger partial charge >= 0.3 is 6.16 Å². The van der Waals surface area contributed by atoms with Gasteiger partial charge in [-0.3, -0.25) is 0 Å². The average Bonchev–Trinajstić information content (AvgIpc) is 2.91. The second-order valence-electron chi connectivity index (χ2n) is 5.35.